The van der Waals surface area contributed by atoms with Gasteiger partial charge in [0.1, 0.15) is 10.4 Å². The zero-order valence-electron chi connectivity index (χ0n) is 8.57. The van der Waals surface area contributed by atoms with E-state index in [9.17, 15) is 0 Å². The molecule has 2 aromatic heterocycles. The number of halogens is 1. The monoisotopic (exact) mass is 282 g/mol. The Morgan fingerprint density at radius 3 is 2.73 bits per heavy atom. The third-order valence-electron chi connectivity index (χ3n) is 2.00. The second-order valence-electron chi connectivity index (χ2n) is 3.57. The third kappa shape index (κ3) is 2.44. The van der Waals surface area contributed by atoms with Crippen LogP contribution in [0.4, 0.5) is 0 Å². The standard InChI is InChI=1S/C11H11BrN2S/c1-7(2)11-13-8(6-10(12)14-11)9-4-3-5-15-9/h3-7H,1-2H3. The molecule has 0 amide bonds. The molecule has 0 saturated heterocycles. The molecule has 2 aromatic rings. The van der Waals surface area contributed by atoms with Gasteiger partial charge in [0.25, 0.3) is 0 Å². The second kappa shape index (κ2) is 4.41. The van der Waals surface area contributed by atoms with Crippen molar-refractivity contribution in [2.45, 2.75) is 19.8 Å². The summed E-state index contributed by atoms with van der Waals surface area (Å²) in [7, 11) is 0. The van der Waals surface area contributed by atoms with Crippen LogP contribution in [0.5, 0.6) is 0 Å². The van der Waals surface area contributed by atoms with Crippen LogP contribution < -0.4 is 0 Å². The third-order valence-corrected chi connectivity index (χ3v) is 3.30. The zero-order valence-corrected chi connectivity index (χ0v) is 11.0. The number of rotatable bonds is 2. The Hall–Kier alpha value is -0.740. The Bertz CT molecular complexity index is 452. The van der Waals surface area contributed by atoms with Gasteiger partial charge in [0.2, 0.25) is 0 Å². The second-order valence-corrected chi connectivity index (χ2v) is 5.33. The fourth-order valence-electron chi connectivity index (χ4n) is 1.24. The molecular formula is C11H11BrN2S. The smallest absolute Gasteiger partial charge is 0.132 e. The van der Waals surface area contributed by atoms with E-state index in [0.717, 1.165) is 16.1 Å². The van der Waals surface area contributed by atoms with Crippen LogP contribution in [0.2, 0.25) is 0 Å². The van der Waals surface area contributed by atoms with E-state index < -0.39 is 0 Å². The fraction of sp³-hybridized carbons (Fsp3) is 0.273. The van der Waals surface area contributed by atoms with Gasteiger partial charge in [-0.15, -0.1) is 11.3 Å². The van der Waals surface area contributed by atoms with E-state index >= 15 is 0 Å². The van der Waals surface area contributed by atoms with Gasteiger partial charge in [0, 0.05) is 5.92 Å². The maximum atomic E-state index is 4.54. The van der Waals surface area contributed by atoms with Crippen molar-refractivity contribution in [1.29, 1.82) is 0 Å². The first-order chi connectivity index (χ1) is 7.16. The number of hydrogen-bond acceptors (Lipinski definition) is 3. The molecule has 0 saturated carbocycles. The van der Waals surface area contributed by atoms with E-state index in [1.54, 1.807) is 11.3 Å². The summed E-state index contributed by atoms with van der Waals surface area (Å²) in [5.41, 5.74) is 0.996. The molecule has 78 valence electrons. The minimum absolute atomic E-state index is 0.348. The van der Waals surface area contributed by atoms with Crippen molar-refractivity contribution in [3.05, 3.63) is 34.0 Å². The van der Waals surface area contributed by atoms with Gasteiger partial charge in [-0.3, -0.25) is 0 Å². The lowest BCUT2D eigenvalue weighted by molar-refractivity contribution is 0.771. The van der Waals surface area contributed by atoms with Gasteiger partial charge in [-0.1, -0.05) is 19.9 Å². The Morgan fingerprint density at radius 1 is 1.33 bits per heavy atom. The lowest BCUT2D eigenvalue weighted by atomic mass is 10.2. The molecule has 0 atom stereocenters. The number of aromatic nitrogens is 2. The summed E-state index contributed by atoms with van der Waals surface area (Å²) in [6.07, 6.45) is 0. The van der Waals surface area contributed by atoms with Gasteiger partial charge < -0.3 is 0 Å². The van der Waals surface area contributed by atoms with Crippen LogP contribution in [0, 0.1) is 0 Å². The van der Waals surface area contributed by atoms with E-state index in [2.05, 4.69) is 51.2 Å². The van der Waals surface area contributed by atoms with Crippen molar-refractivity contribution in [2.75, 3.05) is 0 Å². The van der Waals surface area contributed by atoms with Crippen molar-refractivity contribution in [2.24, 2.45) is 0 Å². The molecule has 0 radical (unpaired) electrons. The molecule has 0 aromatic carbocycles. The molecule has 0 aliphatic rings. The zero-order chi connectivity index (χ0) is 10.8. The molecule has 0 fully saturated rings. The first-order valence-corrected chi connectivity index (χ1v) is 6.42. The highest BCUT2D eigenvalue weighted by Crippen LogP contribution is 2.26. The van der Waals surface area contributed by atoms with Crippen LogP contribution >= 0.6 is 27.3 Å². The molecule has 0 N–H and O–H groups in total. The van der Waals surface area contributed by atoms with E-state index in [1.165, 1.54) is 4.88 Å². The van der Waals surface area contributed by atoms with Gasteiger partial charge in [-0.25, -0.2) is 9.97 Å². The van der Waals surface area contributed by atoms with E-state index in [4.69, 9.17) is 0 Å². The molecule has 0 spiro atoms. The van der Waals surface area contributed by atoms with Gasteiger partial charge in [0.05, 0.1) is 10.6 Å². The first kappa shape index (κ1) is 10.8. The lowest BCUT2D eigenvalue weighted by Gasteiger charge is -2.06. The average molecular weight is 283 g/mol. The highest BCUT2D eigenvalue weighted by atomic mass is 79.9. The molecule has 2 rings (SSSR count). The summed E-state index contributed by atoms with van der Waals surface area (Å²) >= 11 is 5.11. The topological polar surface area (TPSA) is 25.8 Å². The SMILES string of the molecule is CC(C)c1nc(Br)cc(-c2cccs2)n1. The Kier molecular flexibility index (Phi) is 3.17. The Labute approximate surface area is 102 Å². The molecule has 0 aliphatic carbocycles. The summed E-state index contributed by atoms with van der Waals surface area (Å²) in [5, 5.41) is 2.06. The summed E-state index contributed by atoms with van der Waals surface area (Å²) < 4.78 is 0.851. The predicted molar refractivity (Wildman–Crippen MR) is 67.1 cm³/mol. The van der Waals surface area contributed by atoms with Crippen molar-refractivity contribution < 1.29 is 0 Å². The molecule has 0 aliphatic heterocycles. The lowest BCUT2D eigenvalue weighted by Crippen LogP contribution is -1.98. The minimum Gasteiger partial charge on any atom is -0.232 e. The molecule has 2 nitrogen and oxygen atoms in total. The van der Waals surface area contributed by atoms with Crippen molar-refractivity contribution >= 4 is 27.3 Å². The molecule has 0 unspecified atom stereocenters. The van der Waals surface area contributed by atoms with Crippen LogP contribution in [0.1, 0.15) is 25.6 Å². The van der Waals surface area contributed by atoms with Gasteiger partial charge in [-0.2, -0.15) is 0 Å². The minimum atomic E-state index is 0.348. The first-order valence-electron chi connectivity index (χ1n) is 4.75. The van der Waals surface area contributed by atoms with Crippen LogP contribution in [-0.2, 0) is 0 Å². The van der Waals surface area contributed by atoms with Crippen molar-refractivity contribution in [3.63, 3.8) is 0 Å². The number of nitrogens with zero attached hydrogens (tertiary/aromatic N) is 2. The Morgan fingerprint density at radius 2 is 2.13 bits per heavy atom. The summed E-state index contributed by atoms with van der Waals surface area (Å²) in [6.45, 7) is 4.19. The fourth-order valence-corrected chi connectivity index (χ4v) is 2.33. The van der Waals surface area contributed by atoms with E-state index in [0.29, 0.717) is 5.92 Å². The van der Waals surface area contributed by atoms with Crippen LogP contribution in [-0.4, -0.2) is 9.97 Å². The molecular weight excluding hydrogens is 272 g/mol. The number of hydrogen-bond donors (Lipinski definition) is 0. The Balaban J connectivity index is 2.49. The van der Waals surface area contributed by atoms with Crippen molar-refractivity contribution in [3.8, 4) is 10.6 Å². The maximum Gasteiger partial charge on any atom is 0.132 e. The average Bonchev–Trinajstić information content (AvgIpc) is 2.69. The molecule has 0 bridgehead atoms. The predicted octanol–water partition coefficient (Wildman–Crippen LogP) is 4.09. The van der Waals surface area contributed by atoms with E-state index in [1.807, 2.05) is 12.1 Å². The molecule has 4 heteroatoms. The van der Waals surface area contributed by atoms with Gasteiger partial charge in [0.15, 0.2) is 0 Å². The highest BCUT2D eigenvalue weighted by Gasteiger charge is 2.08. The van der Waals surface area contributed by atoms with Crippen molar-refractivity contribution in [1.82, 2.24) is 9.97 Å². The summed E-state index contributed by atoms with van der Waals surface area (Å²) in [5.74, 6) is 1.23. The van der Waals surface area contributed by atoms with E-state index in [-0.39, 0.29) is 0 Å². The largest absolute Gasteiger partial charge is 0.232 e. The summed E-state index contributed by atoms with van der Waals surface area (Å²) in [6, 6.07) is 6.06. The highest BCUT2D eigenvalue weighted by molar-refractivity contribution is 9.10. The van der Waals surface area contributed by atoms with Gasteiger partial charge in [-0.05, 0) is 33.4 Å². The molecule has 2 heterocycles. The number of thiophene rings is 1. The molecule has 15 heavy (non-hydrogen) atoms. The summed E-state index contributed by atoms with van der Waals surface area (Å²) in [4.78, 5) is 10.1. The normalized spacial score (nSPS) is 10.9. The maximum absolute atomic E-state index is 4.54. The van der Waals surface area contributed by atoms with Crippen LogP contribution in [0.25, 0.3) is 10.6 Å². The quantitative estimate of drug-likeness (QED) is 0.776. The van der Waals surface area contributed by atoms with Crippen LogP contribution in [0.15, 0.2) is 28.2 Å². The van der Waals surface area contributed by atoms with Gasteiger partial charge >= 0.3 is 0 Å². The van der Waals surface area contributed by atoms with Crippen LogP contribution in [0.3, 0.4) is 0 Å².